The van der Waals surface area contributed by atoms with Gasteiger partial charge in [-0.25, -0.2) is 0 Å². The molecule has 4 atom stereocenters. The fourth-order valence-electron chi connectivity index (χ4n) is 4.35. The fraction of sp³-hybridized carbons (Fsp3) is 0.765. The van der Waals surface area contributed by atoms with E-state index in [0.717, 1.165) is 36.7 Å². The van der Waals surface area contributed by atoms with Crippen molar-refractivity contribution in [2.24, 2.45) is 23.2 Å². The molecule has 1 aromatic heterocycles. The Labute approximate surface area is 126 Å². The van der Waals surface area contributed by atoms with E-state index in [4.69, 9.17) is 4.74 Å². The molecule has 112 valence electrons. The first-order valence-electron chi connectivity index (χ1n) is 7.96. The van der Waals surface area contributed by atoms with Crippen molar-refractivity contribution in [1.29, 1.82) is 0 Å². The first-order chi connectivity index (χ1) is 9.52. The summed E-state index contributed by atoms with van der Waals surface area (Å²) in [6.07, 6.45) is 2.81. The summed E-state index contributed by atoms with van der Waals surface area (Å²) in [7, 11) is 0. The van der Waals surface area contributed by atoms with Gasteiger partial charge in [-0.15, -0.1) is 11.3 Å². The highest BCUT2D eigenvalue weighted by molar-refractivity contribution is 7.10. The molecule has 1 N–H and O–H groups in total. The zero-order valence-electron chi connectivity index (χ0n) is 13.1. The second kappa shape index (κ2) is 5.34. The molecule has 4 rings (SSSR count). The van der Waals surface area contributed by atoms with Crippen molar-refractivity contribution in [2.75, 3.05) is 6.61 Å². The van der Waals surface area contributed by atoms with E-state index in [0.29, 0.717) is 11.5 Å². The third kappa shape index (κ3) is 2.39. The molecule has 20 heavy (non-hydrogen) atoms. The summed E-state index contributed by atoms with van der Waals surface area (Å²) in [6.45, 7) is 11.2. The number of ether oxygens (including phenoxy) is 1. The third-order valence-electron chi connectivity index (χ3n) is 5.83. The average molecular weight is 293 g/mol. The van der Waals surface area contributed by atoms with Crippen LogP contribution >= 0.6 is 11.3 Å². The minimum atomic E-state index is 0.586. The van der Waals surface area contributed by atoms with E-state index in [1.54, 1.807) is 11.3 Å². The first-order valence-corrected chi connectivity index (χ1v) is 8.84. The number of nitrogens with one attached hydrogen (secondary N) is 1. The largest absolute Gasteiger partial charge is 0.493 e. The van der Waals surface area contributed by atoms with Gasteiger partial charge in [-0.1, -0.05) is 20.8 Å². The average Bonchev–Trinajstić information content (AvgIpc) is 2.85. The summed E-state index contributed by atoms with van der Waals surface area (Å²) < 4.78 is 5.53. The van der Waals surface area contributed by atoms with Crippen LogP contribution in [0.5, 0.6) is 5.75 Å². The van der Waals surface area contributed by atoms with Crippen LogP contribution in [-0.2, 0) is 6.54 Å². The van der Waals surface area contributed by atoms with Crippen LogP contribution in [0.4, 0.5) is 0 Å². The molecule has 2 bridgehead atoms. The lowest BCUT2D eigenvalue weighted by Crippen LogP contribution is -2.59. The van der Waals surface area contributed by atoms with Gasteiger partial charge in [0.25, 0.3) is 0 Å². The SMILES string of the molecule is CCOc1csc(CNC2CC3CC(C2C)C3(C)C)c1. The number of rotatable bonds is 5. The highest BCUT2D eigenvalue weighted by atomic mass is 32.1. The molecule has 0 spiro atoms. The summed E-state index contributed by atoms with van der Waals surface area (Å²) in [5.74, 6) is 3.68. The minimum Gasteiger partial charge on any atom is -0.493 e. The molecule has 0 saturated heterocycles. The van der Waals surface area contributed by atoms with E-state index < -0.39 is 0 Å². The highest BCUT2D eigenvalue weighted by Gasteiger charge is 2.55. The van der Waals surface area contributed by atoms with Crippen LogP contribution in [0.1, 0.15) is 45.4 Å². The second-order valence-electron chi connectivity index (χ2n) is 7.12. The molecular weight excluding hydrogens is 266 g/mol. The van der Waals surface area contributed by atoms with Gasteiger partial charge < -0.3 is 10.1 Å². The maximum atomic E-state index is 5.53. The second-order valence-corrected chi connectivity index (χ2v) is 8.12. The monoisotopic (exact) mass is 293 g/mol. The van der Waals surface area contributed by atoms with Gasteiger partial charge in [0.2, 0.25) is 0 Å². The first kappa shape index (κ1) is 14.4. The van der Waals surface area contributed by atoms with E-state index in [-0.39, 0.29) is 0 Å². The van der Waals surface area contributed by atoms with Gasteiger partial charge in [-0.05, 0) is 49.0 Å². The molecule has 0 amide bonds. The summed E-state index contributed by atoms with van der Waals surface area (Å²) in [4.78, 5) is 1.39. The highest BCUT2D eigenvalue weighted by Crippen LogP contribution is 2.61. The van der Waals surface area contributed by atoms with E-state index in [1.807, 2.05) is 6.92 Å². The van der Waals surface area contributed by atoms with Gasteiger partial charge in [-0.2, -0.15) is 0 Å². The Bertz CT molecular complexity index is 467. The molecule has 2 nitrogen and oxygen atoms in total. The molecule has 1 aromatic rings. The van der Waals surface area contributed by atoms with Gasteiger partial charge in [0.15, 0.2) is 0 Å². The van der Waals surface area contributed by atoms with Crippen molar-refractivity contribution < 1.29 is 4.74 Å². The minimum absolute atomic E-state index is 0.586. The molecule has 3 fully saturated rings. The molecule has 3 heteroatoms. The predicted octanol–water partition coefficient (Wildman–Crippen LogP) is 4.31. The van der Waals surface area contributed by atoms with Crippen molar-refractivity contribution in [1.82, 2.24) is 5.32 Å². The Balaban J connectivity index is 1.54. The Morgan fingerprint density at radius 2 is 2.20 bits per heavy atom. The molecule has 1 heterocycles. The molecule has 3 saturated carbocycles. The summed E-state index contributed by atoms with van der Waals surface area (Å²) in [6, 6.07) is 2.88. The van der Waals surface area contributed by atoms with Crippen molar-refractivity contribution in [3.05, 3.63) is 16.3 Å². The maximum absolute atomic E-state index is 5.53. The summed E-state index contributed by atoms with van der Waals surface area (Å²) >= 11 is 1.80. The number of thiophene rings is 1. The topological polar surface area (TPSA) is 21.3 Å². The van der Waals surface area contributed by atoms with Crippen LogP contribution in [0.3, 0.4) is 0 Å². The lowest BCUT2D eigenvalue weighted by atomic mass is 9.45. The molecule has 0 radical (unpaired) electrons. The lowest BCUT2D eigenvalue weighted by Gasteiger charge is -2.62. The van der Waals surface area contributed by atoms with Gasteiger partial charge >= 0.3 is 0 Å². The van der Waals surface area contributed by atoms with E-state index in [2.05, 4.69) is 37.5 Å². The van der Waals surface area contributed by atoms with Crippen LogP contribution in [0.15, 0.2) is 11.4 Å². The Kier molecular flexibility index (Phi) is 3.85. The third-order valence-corrected chi connectivity index (χ3v) is 6.75. The molecule has 3 aliphatic rings. The van der Waals surface area contributed by atoms with Gasteiger partial charge in [0.05, 0.1) is 6.61 Å². The van der Waals surface area contributed by atoms with E-state index in [9.17, 15) is 0 Å². The predicted molar refractivity (Wildman–Crippen MR) is 85.3 cm³/mol. The Morgan fingerprint density at radius 1 is 1.40 bits per heavy atom. The Hall–Kier alpha value is -0.540. The fourth-order valence-corrected chi connectivity index (χ4v) is 5.10. The molecular formula is C17H27NOS. The van der Waals surface area contributed by atoms with Crippen molar-refractivity contribution >= 4 is 11.3 Å². The zero-order valence-corrected chi connectivity index (χ0v) is 13.9. The van der Waals surface area contributed by atoms with Crippen molar-refractivity contribution in [3.63, 3.8) is 0 Å². The standard InChI is InChI=1S/C17H27NOS/c1-5-19-13-8-14(20-10-13)9-18-16-7-12-6-15(11(16)2)17(12,3)4/h8,10-12,15-16,18H,5-7,9H2,1-4H3. The number of hydrogen-bond acceptors (Lipinski definition) is 3. The van der Waals surface area contributed by atoms with Gasteiger partial charge in [0.1, 0.15) is 5.75 Å². The quantitative estimate of drug-likeness (QED) is 0.873. The van der Waals surface area contributed by atoms with Crippen LogP contribution in [0.2, 0.25) is 0 Å². The Morgan fingerprint density at radius 3 is 2.85 bits per heavy atom. The molecule has 0 aromatic carbocycles. The normalized spacial score (nSPS) is 34.6. The zero-order chi connectivity index (χ0) is 14.3. The molecule has 3 aliphatic carbocycles. The van der Waals surface area contributed by atoms with Gasteiger partial charge in [0, 0.05) is 22.8 Å². The van der Waals surface area contributed by atoms with E-state index in [1.165, 1.54) is 17.7 Å². The van der Waals surface area contributed by atoms with Crippen LogP contribution < -0.4 is 10.1 Å². The van der Waals surface area contributed by atoms with Gasteiger partial charge in [-0.3, -0.25) is 0 Å². The van der Waals surface area contributed by atoms with E-state index >= 15 is 0 Å². The molecule has 4 unspecified atom stereocenters. The van der Waals surface area contributed by atoms with Crippen LogP contribution in [0, 0.1) is 23.2 Å². The van der Waals surface area contributed by atoms with Crippen LogP contribution in [-0.4, -0.2) is 12.6 Å². The summed E-state index contributed by atoms with van der Waals surface area (Å²) in [5.41, 5.74) is 0.586. The lowest BCUT2D eigenvalue weighted by molar-refractivity contribution is -0.115. The maximum Gasteiger partial charge on any atom is 0.130 e. The van der Waals surface area contributed by atoms with Crippen molar-refractivity contribution in [2.45, 2.75) is 53.1 Å². The van der Waals surface area contributed by atoms with Crippen LogP contribution in [0.25, 0.3) is 0 Å². The molecule has 0 aliphatic heterocycles. The number of fused-ring (bicyclic) bond motifs is 2. The summed E-state index contributed by atoms with van der Waals surface area (Å²) in [5, 5.41) is 5.91. The smallest absolute Gasteiger partial charge is 0.130 e. The van der Waals surface area contributed by atoms with Crippen molar-refractivity contribution in [3.8, 4) is 5.75 Å². The number of hydrogen-bond donors (Lipinski definition) is 1.